The molecular weight excluding hydrogens is 206 g/mol. The van der Waals surface area contributed by atoms with Gasteiger partial charge in [0.25, 0.3) is 0 Å². The Bertz CT molecular complexity index is 170. The average Bonchev–Trinajstić information content (AvgIpc) is 1.84. The van der Waals surface area contributed by atoms with Crippen molar-refractivity contribution in [2.45, 2.75) is 27.7 Å². The molecule has 5 heteroatoms. The molecule has 0 rings (SSSR count). The van der Waals surface area contributed by atoms with E-state index in [9.17, 15) is 14.4 Å². The van der Waals surface area contributed by atoms with Crippen LogP contribution in [0.2, 0.25) is 0 Å². The summed E-state index contributed by atoms with van der Waals surface area (Å²) in [5.41, 5.74) is 4.53. The smallest absolute Gasteiger partial charge is 0.240 e. The van der Waals surface area contributed by atoms with Gasteiger partial charge >= 0.3 is 0 Å². The summed E-state index contributed by atoms with van der Waals surface area (Å²) in [6.45, 7) is 9.20. The lowest BCUT2D eigenvalue weighted by Gasteiger charge is -1.65. The van der Waals surface area contributed by atoms with Crippen molar-refractivity contribution in [3.05, 3.63) is 12.7 Å². The number of primary amides is 1. The van der Waals surface area contributed by atoms with Gasteiger partial charge in [-0.3, -0.25) is 4.79 Å². The van der Waals surface area contributed by atoms with Crippen LogP contribution in [-0.2, 0) is 14.4 Å². The van der Waals surface area contributed by atoms with E-state index in [1.807, 2.05) is 0 Å². The van der Waals surface area contributed by atoms with Gasteiger partial charge in [0.2, 0.25) is 5.91 Å². The zero-order chi connectivity index (χ0) is 11.4. The van der Waals surface area contributed by atoms with Crippen molar-refractivity contribution in [3.63, 3.8) is 0 Å². The number of ketones is 2. The SMILES string of the molecule is C=CC(N)=O.CC(C)=O.CC(C)=O.Cl. The molecule has 0 aromatic carbocycles. The van der Waals surface area contributed by atoms with E-state index in [0.717, 1.165) is 6.08 Å². The summed E-state index contributed by atoms with van der Waals surface area (Å²) in [4.78, 5) is 28.4. The minimum atomic E-state index is -0.481. The van der Waals surface area contributed by atoms with Gasteiger partial charge in [-0.25, -0.2) is 0 Å². The molecule has 4 nitrogen and oxygen atoms in total. The van der Waals surface area contributed by atoms with Crippen LogP contribution in [0.15, 0.2) is 12.7 Å². The van der Waals surface area contributed by atoms with Crippen LogP contribution in [0.25, 0.3) is 0 Å². The van der Waals surface area contributed by atoms with E-state index < -0.39 is 5.91 Å². The van der Waals surface area contributed by atoms with Crippen molar-refractivity contribution in [1.29, 1.82) is 0 Å². The van der Waals surface area contributed by atoms with E-state index in [1.165, 1.54) is 27.7 Å². The fourth-order valence-corrected chi connectivity index (χ4v) is 0. The molecule has 0 aliphatic heterocycles. The molecule has 0 aliphatic rings. The minimum Gasteiger partial charge on any atom is -0.366 e. The number of carbonyl (C=O) groups is 3. The number of rotatable bonds is 1. The van der Waals surface area contributed by atoms with Gasteiger partial charge in [0.1, 0.15) is 11.6 Å². The first-order valence-corrected chi connectivity index (χ1v) is 3.60. The van der Waals surface area contributed by atoms with Gasteiger partial charge in [0.15, 0.2) is 0 Å². The van der Waals surface area contributed by atoms with E-state index in [2.05, 4.69) is 12.3 Å². The van der Waals surface area contributed by atoms with E-state index in [0.29, 0.717) is 0 Å². The molecule has 14 heavy (non-hydrogen) atoms. The molecular formula is C9H18ClNO3. The van der Waals surface area contributed by atoms with Crippen molar-refractivity contribution < 1.29 is 14.4 Å². The Morgan fingerprint density at radius 1 is 1.00 bits per heavy atom. The van der Waals surface area contributed by atoms with Gasteiger partial charge in [0.05, 0.1) is 0 Å². The van der Waals surface area contributed by atoms with Gasteiger partial charge in [-0.2, -0.15) is 0 Å². The maximum Gasteiger partial charge on any atom is 0.240 e. The van der Waals surface area contributed by atoms with Gasteiger partial charge in [0, 0.05) is 0 Å². The van der Waals surface area contributed by atoms with Crippen LogP contribution < -0.4 is 5.73 Å². The predicted octanol–water partition coefficient (Wildman–Crippen LogP) is 1.27. The van der Waals surface area contributed by atoms with Gasteiger partial charge in [-0.05, 0) is 33.8 Å². The number of hydrogen-bond donors (Lipinski definition) is 1. The van der Waals surface area contributed by atoms with Crippen LogP contribution in [0.4, 0.5) is 0 Å². The molecule has 2 N–H and O–H groups in total. The number of nitrogens with two attached hydrogens (primary N) is 1. The van der Waals surface area contributed by atoms with Crippen LogP contribution >= 0.6 is 12.4 Å². The van der Waals surface area contributed by atoms with Crippen LogP contribution in [-0.4, -0.2) is 17.5 Å². The molecule has 0 radical (unpaired) electrons. The van der Waals surface area contributed by atoms with Crippen molar-refractivity contribution in [1.82, 2.24) is 0 Å². The Hall–Kier alpha value is -1.16. The highest BCUT2D eigenvalue weighted by atomic mass is 35.5. The number of amides is 1. The summed E-state index contributed by atoms with van der Waals surface area (Å²) in [6.07, 6.45) is 1.06. The molecule has 0 aromatic rings. The molecule has 0 bridgehead atoms. The maximum atomic E-state index is 9.47. The number of hydrogen-bond acceptors (Lipinski definition) is 3. The van der Waals surface area contributed by atoms with E-state index in [1.54, 1.807) is 0 Å². The summed E-state index contributed by atoms with van der Waals surface area (Å²) >= 11 is 0. The molecule has 1 amide bonds. The highest BCUT2D eigenvalue weighted by Gasteiger charge is 1.69. The maximum absolute atomic E-state index is 9.47. The van der Waals surface area contributed by atoms with E-state index in [-0.39, 0.29) is 24.0 Å². The minimum absolute atomic E-state index is 0. The molecule has 0 atom stereocenters. The third kappa shape index (κ3) is 1490. The van der Waals surface area contributed by atoms with Gasteiger partial charge in [-0.15, -0.1) is 12.4 Å². The van der Waals surface area contributed by atoms with Crippen molar-refractivity contribution >= 4 is 29.9 Å². The van der Waals surface area contributed by atoms with E-state index >= 15 is 0 Å². The second-order valence-corrected chi connectivity index (χ2v) is 2.42. The fraction of sp³-hybridized carbons (Fsp3) is 0.444. The number of carbonyl (C=O) groups excluding carboxylic acids is 3. The Morgan fingerprint density at radius 3 is 1.07 bits per heavy atom. The molecule has 0 aliphatic carbocycles. The second-order valence-electron chi connectivity index (χ2n) is 2.42. The van der Waals surface area contributed by atoms with Crippen LogP contribution in [0.5, 0.6) is 0 Å². The summed E-state index contributed by atoms with van der Waals surface area (Å²) < 4.78 is 0. The van der Waals surface area contributed by atoms with Crippen molar-refractivity contribution in [3.8, 4) is 0 Å². The normalized spacial score (nSPS) is 6.00. The first kappa shape index (κ1) is 23.0. The van der Waals surface area contributed by atoms with Crippen LogP contribution in [0, 0.1) is 0 Å². The van der Waals surface area contributed by atoms with Crippen molar-refractivity contribution in [2.75, 3.05) is 0 Å². The number of Topliss-reactive ketones (excluding diaryl/α,β-unsaturated/α-hetero) is 2. The largest absolute Gasteiger partial charge is 0.366 e. The third-order valence-corrected chi connectivity index (χ3v) is 0.201. The first-order valence-electron chi connectivity index (χ1n) is 3.60. The molecule has 84 valence electrons. The summed E-state index contributed by atoms with van der Waals surface area (Å²) in [5, 5.41) is 0. The highest BCUT2D eigenvalue weighted by Crippen LogP contribution is 1.51. The second kappa shape index (κ2) is 17.8. The zero-order valence-corrected chi connectivity index (χ0v) is 9.81. The molecule has 0 fully saturated rings. The topological polar surface area (TPSA) is 77.2 Å². The fourth-order valence-electron chi connectivity index (χ4n) is 0. The highest BCUT2D eigenvalue weighted by molar-refractivity contribution is 5.85. The quantitative estimate of drug-likeness (QED) is 0.680. The standard InChI is InChI=1S/C3H5NO.2C3H6O.ClH/c1-2-3(4)5;2*1-3(2)4;/h2H,1H2,(H2,4,5);2*1-2H3;1H. The lowest BCUT2D eigenvalue weighted by Crippen LogP contribution is -2.04. The summed E-state index contributed by atoms with van der Waals surface area (Å²) in [7, 11) is 0. The molecule has 0 saturated carbocycles. The molecule has 0 heterocycles. The lowest BCUT2D eigenvalue weighted by molar-refractivity contribution is -0.115. The summed E-state index contributed by atoms with van der Waals surface area (Å²) in [6, 6.07) is 0. The van der Waals surface area contributed by atoms with Crippen molar-refractivity contribution in [2.24, 2.45) is 5.73 Å². The van der Waals surface area contributed by atoms with Crippen LogP contribution in [0.1, 0.15) is 27.7 Å². The molecule has 0 unspecified atom stereocenters. The molecule has 0 saturated heterocycles. The Labute approximate surface area is 91.0 Å². The van der Waals surface area contributed by atoms with Crippen LogP contribution in [0.3, 0.4) is 0 Å². The first-order chi connectivity index (χ1) is 5.73. The molecule has 0 spiro atoms. The van der Waals surface area contributed by atoms with Gasteiger partial charge < -0.3 is 15.3 Å². The Morgan fingerprint density at radius 2 is 1.07 bits per heavy atom. The molecule has 0 aromatic heterocycles. The number of halogens is 1. The van der Waals surface area contributed by atoms with E-state index in [4.69, 9.17) is 0 Å². The summed E-state index contributed by atoms with van der Waals surface area (Å²) in [5.74, 6) is -0.148. The Kier molecular flexibility index (Phi) is 29.3. The predicted molar refractivity (Wildman–Crippen MR) is 59.3 cm³/mol. The monoisotopic (exact) mass is 223 g/mol. The third-order valence-electron chi connectivity index (χ3n) is 0.201. The lowest BCUT2D eigenvalue weighted by atomic mass is 10.6. The average molecular weight is 224 g/mol. The Balaban J connectivity index is -0.0000000522. The van der Waals surface area contributed by atoms with Gasteiger partial charge in [-0.1, -0.05) is 6.58 Å². The zero-order valence-electron chi connectivity index (χ0n) is 8.99.